The van der Waals surface area contributed by atoms with Crippen LogP contribution in [0, 0.1) is 0 Å². The lowest BCUT2D eigenvalue weighted by atomic mass is 9.96. The van der Waals surface area contributed by atoms with Gasteiger partial charge in [0.05, 0.1) is 6.10 Å². The Bertz CT molecular complexity index is 81.9. The van der Waals surface area contributed by atoms with Gasteiger partial charge in [0.15, 0.2) is 0 Å². The Morgan fingerprint density at radius 3 is 2.25 bits per heavy atom. The first-order chi connectivity index (χ1) is 5.85. The summed E-state index contributed by atoms with van der Waals surface area (Å²) in [6.45, 7) is 5.84. The Morgan fingerprint density at radius 1 is 1.33 bits per heavy atom. The predicted octanol–water partition coefficient (Wildman–Crippen LogP) is 2.32. The fourth-order valence-electron chi connectivity index (χ4n) is 0.932. The molecule has 0 saturated heterocycles. The van der Waals surface area contributed by atoms with Gasteiger partial charge in [-0.3, -0.25) is 0 Å². The third-order valence-electron chi connectivity index (χ3n) is 1.90. The molecular weight excluding hydrogens is 150 g/mol. The predicted molar refractivity (Wildman–Crippen MR) is 53.2 cm³/mol. The van der Waals surface area contributed by atoms with E-state index in [0.29, 0.717) is 6.10 Å². The maximum absolute atomic E-state index is 5.52. The quantitative estimate of drug-likeness (QED) is 0.662. The van der Waals surface area contributed by atoms with Crippen molar-refractivity contribution in [1.29, 1.82) is 0 Å². The number of unbranched alkanes of at least 4 members (excludes halogenated alkanes) is 1. The molecule has 0 aromatic heterocycles. The van der Waals surface area contributed by atoms with Crippen LogP contribution in [0.15, 0.2) is 0 Å². The number of ether oxygens (including phenoxy) is 1. The molecule has 74 valence electrons. The van der Waals surface area contributed by atoms with Crippen LogP contribution in [-0.2, 0) is 4.74 Å². The van der Waals surface area contributed by atoms with E-state index in [2.05, 4.69) is 6.92 Å². The minimum atomic E-state index is 0.636. The zero-order valence-corrected chi connectivity index (χ0v) is 8.51. The normalized spacial score (nSPS) is 16.2. The SMILES string of the molecule is CCCCOC1CCC1.CCN. The van der Waals surface area contributed by atoms with Crippen LogP contribution in [0.1, 0.15) is 46.0 Å². The smallest absolute Gasteiger partial charge is 0.0575 e. The van der Waals surface area contributed by atoms with Crippen molar-refractivity contribution in [3.8, 4) is 0 Å². The Kier molecular flexibility index (Phi) is 8.95. The highest BCUT2D eigenvalue weighted by Crippen LogP contribution is 2.21. The Balaban J connectivity index is 0.000000354. The van der Waals surface area contributed by atoms with Crippen molar-refractivity contribution >= 4 is 0 Å². The van der Waals surface area contributed by atoms with E-state index in [-0.39, 0.29) is 0 Å². The van der Waals surface area contributed by atoms with Gasteiger partial charge in [-0.2, -0.15) is 0 Å². The number of nitrogens with two attached hydrogens (primary N) is 1. The summed E-state index contributed by atoms with van der Waals surface area (Å²) < 4.78 is 5.52. The summed E-state index contributed by atoms with van der Waals surface area (Å²) in [6.07, 6.45) is 7.13. The van der Waals surface area contributed by atoms with E-state index < -0.39 is 0 Å². The number of hydrogen-bond acceptors (Lipinski definition) is 2. The van der Waals surface area contributed by atoms with Gasteiger partial charge in [0.1, 0.15) is 0 Å². The van der Waals surface area contributed by atoms with Crippen molar-refractivity contribution in [3.63, 3.8) is 0 Å². The molecule has 0 aromatic rings. The van der Waals surface area contributed by atoms with Gasteiger partial charge >= 0.3 is 0 Å². The molecule has 0 aromatic carbocycles. The summed E-state index contributed by atoms with van der Waals surface area (Å²) in [6, 6.07) is 0. The van der Waals surface area contributed by atoms with E-state index >= 15 is 0 Å². The topological polar surface area (TPSA) is 35.2 Å². The lowest BCUT2D eigenvalue weighted by Gasteiger charge is -2.25. The van der Waals surface area contributed by atoms with Gasteiger partial charge in [-0.05, 0) is 32.2 Å². The minimum Gasteiger partial charge on any atom is -0.378 e. The van der Waals surface area contributed by atoms with Crippen molar-refractivity contribution in [1.82, 2.24) is 0 Å². The molecule has 0 spiro atoms. The first kappa shape index (κ1) is 11.9. The van der Waals surface area contributed by atoms with Gasteiger partial charge in [0, 0.05) is 6.61 Å². The molecule has 2 nitrogen and oxygen atoms in total. The molecule has 0 bridgehead atoms. The number of rotatable bonds is 4. The summed E-state index contributed by atoms with van der Waals surface area (Å²) in [7, 11) is 0. The van der Waals surface area contributed by atoms with E-state index in [1.807, 2.05) is 6.92 Å². The molecule has 2 heteroatoms. The average Bonchev–Trinajstić information content (AvgIpc) is 1.96. The summed E-state index contributed by atoms with van der Waals surface area (Å²) in [5, 5.41) is 0. The van der Waals surface area contributed by atoms with E-state index in [1.54, 1.807) is 0 Å². The second-order valence-corrected chi connectivity index (χ2v) is 3.19. The molecule has 1 rings (SSSR count). The van der Waals surface area contributed by atoms with Gasteiger partial charge in [-0.1, -0.05) is 20.3 Å². The molecule has 0 amide bonds. The zero-order chi connectivity index (χ0) is 9.23. The molecule has 12 heavy (non-hydrogen) atoms. The third-order valence-corrected chi connectivity index (χ3v) is 1.90. The average molecular weight is 173 g/mol. The second-order valence-electron chi connectivity index (χ2n) is 3.19. The van der Waals surface area contributed by atoms with Crippen molar-refractivity contribution in [2.45, 2.75) is 52.1 Å². The van der Waals surface area contributed by atoms with Gasteiger partial charge in [0.2, 0.25) is 0 Å². The van der Waals surface area contributed by atoms with Crippen LogP contribution >= 0.6 is 0 Å². The molecule has 0 heterocycles. The fraction of sp³-hybridized carbons (Fsp3) is 1.00. The van der Waals surface area contributed by atoms with Crippen molar-refractivity contribution < 1.29 is 4.74 Å². The summed E-state index contributed by atoms with van der Waals surface area (Å²) in [4.78, 5) is 0. The summed E-state index contributed by atoms with van der Waals surface area (Å²) in [5.74, 6) is 0. The van der Waals surface area contributed by atoms with Crippen LogP contribution in [0.2, 0.25) is 0 Å². The second kappa shape index (κ2) is 9.01. The lowest BCUT2D eigenvalue weighted by molar-refractivity contribution is 0.00117. The maximum atomic E-state index is 5.52. The van der Waals surface area contributed by atoms with E-state index in [4.69, 9.17) is 10.5 Å². The lowest BCUT2D eigenvalue weighted by Crippen LogP contribution is -2.21. The Hall–Kier alpha value is -0.0800. The van der Waals surface area contributed by atoms with Gasteiger partial charge in [-0.25, -0.2) is 0 Å². The molecule has 1 fully saturated rings. The van der Waals surface area contributed by atoms with E-state index in [0.717, 1.165) is 13.2 Å². The number of hydrogen-bond donors (Lipinski definition) is 1. The summed E-state index contributed by atoms with van der Waals surface area (Å²) >= 11 is 0. The van der Waals surface area contributed by atoms with Crippen molar-refractivity contribution in [2.75, 3.05) is 13.2 Å². The molecule has 2 N–H and O–H groups in total. The highest BCUT2D eigenvalue weighted by Gasteiger charge is 2.16. The van der Waals surface area contributed by atoms with Gasteiger partial charge in [0.25, 0.3) is 0 Å². The van der Waals surface area contributed by atoms with Crippen molar-refractivity contribution in [2.24, 2.45) is 5.73 Å². The molecule has 1 aliphatic rings. The molecule has 0 radical (unpaired) electrons. The molecule has 0 atom stereocenters. The van der Waals surface area contributed by atoms with Crippen LogP contribution in [0.5, 0.6) is 0 Å². The molecular formula is C10H23NO. The standard InChI is InChI=1S/C8H16O.C2H7N/c1-2-3-7-9-8-5-4-6-8;1-2-3/h8H,2-7H2,1H3;2-3H2,1H3. The molecule has 1 saturated carbocycles. The van der Waals surface area contributed by atoms with E-state index in [1.165, 1.54) is 32.1 Å². The molecule has 1 aliphatic carbocycles. The highest BCUT2D eigenvalue weighted by molar-refractivity contribution is 4.68. The first-order valence-corrected chi connectivity index (χ1v) is 5.16. The van der Waals surface area contributed by atoms with Crippen LogP contribution < -0.4 is 5.73 Å². The highest BCUT2D eigenvalue weighted by atomic mass is 16.5. The fourth-order valence-corrected chi connectivity index (χ4v) is 0.932. The van der Waals surface area contributed by atoms with Crippen LogP contribution in [-0.4, -0.2) is 19.3 Å². The minimum absolute atomic E-state index is 0.636. The Morgan fingerprint density at radius 2 is 1.92 bits per heavy atom. The van der Waals surface area contributed by atoms with Crippen LogP contribution in [0.25, 0.3) is 0 Å². The van der Waals surface area contributed by atoms with Crippen LogP contribution in [0.4, 0.5) is 0 Å². The summed E-state index contributed by atoms with van der Waals surface area (Å²) in [5.41, 5.74) is 4.85. The van der Waals surface area contributed by atoms with Crippen molar-refractivity contribution in [3.05, 3.63) is 0 Å². The third kappa shape index (κ3) is 6.62. The molecule has 0 aliphatic heterocycles. The maximum Gasteiger partial charge on any atom is 0.0575 e. The molecule has 0 unspecified atom stereocenters. The van der Waals surface area contributed by atoms with Gasteiger partial charge < -0.3 is 10.5 Å². The Labute approximate surface area is 76.5 Å². The largest absolute Gasteiger partial charge is 0.378 e. The van der Waals surface area contributed by atoms with Gasteiger partial charge in [-0.15, -0.1) is 0 Å². The first-order valence-electron chi connectivity index (χ1n) is 5.16. The monoisotopic (exact) mass is 173 g/mol. The van der Waals surface area contributed by atoms with Crippen LogP contribution in [0.3, 0.4) is 0 Å². The van der Waals surface area contributed by atoms with E-state index in [9.17, 15) is 0 Å². The zero-order valence-electron chi connectivity index (χ0n) is 8.51.